The van der Waals surface area contributed by atoms with Crippen LogP contribution in [-0.2, 0) is 0 Å². The number of ether oxygens (including phenoxy) is 2. The van der Waals surface area contributed by atoms with Crippen molar-refractivity contribution in [3.63, 3.8) is 0 Å². The summed E-state index contributed by atoms with van der Waals surface area (Å²) < 4.78 is 11.9. The third-order valence-corrected chi connectivity index (χ3v) is 6.10. The largest absolute Gasteiger partial charge is 0.494 e. The highest BCUT2D eigenvalue weighted by molar-refractivity contribution is 6.37. The molecule has 168 valence electrons. The summed E-state index contributed by atoms with van der Waals surface area (Å²) in [6.45, 7) is 3.73. The van der Waals surface area contributed by atoms with Gasteiger partial charge < -0.3 is 9.47 Å². The van der Waals surface area contributed by atoms with Gasteiger partial charge in [0.15, 0.2) is 0 Å². The van der Waals surface area contributed by atoms with E-state index in [1.165, 1.54) is 57.8 Å². The van der Waals surface area contributed by atoms with Crippen molar-refractivity contribution in [3.05, 3.63) is 35.4 Å². The van der Waals surface area contributed by atoms with Crippen LogP contribution in [0, 0.1) is 0 Å². The molecular weight excluding hydrogens is 415 g/mol. The maximum atomic E-state index is 6.60. The van der Waals surface area contributed by atoms with Gasteiger partial charge in [0.05, 0.1) is 18.2 Å². The van der Waals surface area contributed by atoms with E-state index < -0.39 is 0 Å². The van der Waals surface area contributed by atoms with E-state index in [2.05, 4.69) is 19.1 Å². The summed E-state index contributed by atoms with van der Waals surface area (Å²) in [4.78, 5) is 0. The molecule has 0 aliphatic carbocycles. The first-order valence-electron chi connectivity index (χ1n) is 11.8. The lowest BCUT2D eigenvalue weighted by molar-refractivity contribution is 0.304. The molecule has 0 unspecified atom stereocenters. The average Bonchev–Trinajstić information content (AvgIpc) is 2.76. The van der Waals surface area contributed by atoms with E-state index in [4.69, 9.17) is 32.7 Å². The highest BCUT2D eigenvalue weighted by Gasteiger charge is 2.08. The predicted octanol–water partition coefficient (Wildman–Crippen LogP) is 9.19. The number of rotatable bonds is 17. The molecule has 0 bridgehead atoms. The van der Waals surface area contributed by atoms with Gasteiger partial charge in [0, 0.05) is 11.3 Å². The first-order valence-corrected chi connectivity index (χ1v) is 12.7. The first-order chi connectivity index (χ1) is 14.8. The van der Waals surface area contributed by atoms with Crippen molar-refractivity contribution in [3.8, 4) is 11.5 Å². The molecule has 0 heterocycles. The second kappa shape index (κ2) is 15.6. The molecule has 0 aromatic heterocycles. The Labute approximate surface area is 193 Å². The molecule has 0 saturated heterocycles. The third-order valence-electron chi connectivity index (χ3n) is 5.44. The van der Waals surface area contributed by atoms with Crippen molar-refractivity contribution in [2.75, 3.05) is 19.1 Å². The minimum Gasteiger partial charge on any atom is -0.494 e. The maximum Gasteiger partial charge on any atom is 0.138 e. The molecule has 0 amide bonds. The van der Waals surface area contributed by atoms with E-state index in [1.54, 1.807) is 0 Å². The number of unbranched alkanes of at least 4 members (excludes halogenated alkanes) is 10. The Morgan fingerprint density at radius 2 is 1.33 bits per heavy atom. The van der Waals surface area contributed by atoms with Crippen LogP contribution in [-0.4, -0.2) is 19.1 Å². The van der Waals surface area contributed by atoms with Crippen molar-refractivity contribution in [2.45, 2.75) is 84.0 Å². The van der Waals surface area contributed by atoms with Crippen molar-refractivity contribution in [1.29, 1.82) is 0 Å². The molecule has 2 nitrogen and oxygen atoms in total. The summed E-state index contributed by atoms with van der Waals surface area (Å²) in [5.41, 5.74) is 0. The van der Waals surface area contributed by atoms with E-state index in [0.717, 1.165) is 54.0 Å². The Kier molecular flexibility index (Phi) is 13.1. The lowest BCUT2D eigenvalue weighted by Gasteiger charge is -2.12. The summed E-state index contributed by atoms with van der Waals surface area (Å²) in [7, 11) is 0. The van der Waals surface area contributed by atoms with Crippen molar-refractivity contribution >= 4 is 34.0 Å². The average molecular weight is 453 g/mol. The van der Waals surface area contributed by atoms with E-state index in [-0.39, 0.29) is 0 Å². The van der Waals surface area contributed by atoms with Crippen LogP contribution in [0.15, 0.2) is 30.3 Å². The summed E-state index contributed by atoms with van der Waals surface area (Å²) >= 11 is 12.3. The number of halogens is 2. The molecule has 30 heavy (non-hydrogen) atoms. The highest BCUT2D eigenvalue weighted by Crippen LogP contribution is 2.34. The van der Waals surface area contributed by atoms with Crippen LogP contribution < -0.4 is 9.47 Å². The zero-order valence-corrected chi connectivity index (χ0v) is 20.1. The smallest absolute Gasteiger partial charge is 0.138 e. The third kappa shape index (κ3) is 9.35. The van der Waals surface area contributed by atoms with Gasteiger partial charge >= 0.3 is 0 Å². The minimum atomic E-state index is 0.692. The monoisotopic (exact) mass is 452 g/mol. The van der Waals surface area contributed by atoms with Gasteiger partial charge in [-0.2, -0.15) is 0 Å². The highest BCUT2D eigenvalue weighted by atomic mass is 35.5. The zero-order chi connectivity index (χ0) is 21.4. The summed E-state index contributed by atoms with van der Waals surface area (Å²) in [5, 5.41) is 2.80. The van der Waals surface area contributed by atoms with Gasteiger partial charge in [-0.25, -0.2) is 0 Å². The number of fused-ring (bicyclic) bond motifs is 1. The molecule has 0 atom stereocenters. The lowest BCUT2D eigenvalue weighted by Crippen LogP contribution is -1.99. The fraction of sp³-hybridized carbons (Fsp3) is 0.615. The van der Waals surface area contributed by atoms with Gasteiger partial charge in [0.1, 0.15) is 11.5 Å². The van der Waals surface area contributed by atoms with E-state index in [0.29, 0.717) is 11.6 Å². The van der Waals surface area contributed by atoms with Gasteiger partial charge in [0.2, 0.25) is 0 Å². The normalized spacial score (nSPS) is 11.2. The van der Waals surface area contributed by atoms with E-state index in [9.17, 15) is 0 Å². The molecule has 2 aromatic carbocycles. The maximum absolute atomic E-state index is 6.60. The molecule has 0 aliphatic heterocycles. The summed E-state index contributed by atoms with van der Waals surface area (Å²) in [5.74, 6) is 2.46. The summed E-state index contributed by atoms with van der Waals surface area (Å²) in [6, 6.07) is 10.2. The van der Waals surface area contributed by atoms with Gasteiger partial charge in [0.25, 0.3) is 0 Å². The standard InChI is InChI=1S/C26H38Cl2O2/c1-2-3-4-5-9-12-19-29-23-15-16-24-22(21-23)14-17-25(26(24)28)30-20-13-10-7-6-8-11-18-27/h14-17,21H,2-13,18-20H2,1H3. The molecule has 0 radical (unpaired) electrons. The van der Waals surface area contributed by atoms with Crippen LogP contribution in [0.25, 0.3) is 10.8 Å². The SMILES string of the molecule is CCCCCCCCOc1ccc2c(Cl)c(OCCCCCCCCCl)ccc2c1. The topological polar surface area (TPSA) is 18.5 Å². The molecule has 0 spiro atoms. The fourth-order valence-electron chi connectivity index (χ4n) is 3.61. The molecular formula is C26H38Cl2O2. The molecule has 4 heteroatoms. The van der Waals surface area contributed by atoms with Crippen LogP contribution >= 0.6 is 23.2 Å². The molecule has 0 fully saturated rings. The van der Waals surface area contributed by atoms with Gasteiger partial charge in [-0.3, -0.25) is 0 Å². The van der Waals surface area contributed by atoms with E-state index in [1.807, 2.05) is 18.2 Å². The lowest BCUT2D eigenvalue weighted by atomic mass is 10.1. The minimum absolute atomic E-state index is 0.692. The number of alkyl halides is 1. The quantitative estimate of drug-likeness (QED) is 0.176. The Hall–Kier alpha value is -1.12. The van der Waals surface area contributed by atoms with Crippen LogP contribution in [0.5, 0.6) is 11.5 Å². The van der Waals surface area contributed by atoms with Crippen molar-refractivity contribution in [1.82, 2.24) is 0 Å². The Balaban J connectivity index is 1.74. The van der Waals surface area contributed by atoms with Gasteiger partial charge in [-0.1, -0.05) is 82.4 Å². The molecule has 2 aromatic rings. The molecule has 0 N–H and O–H groups in total. The van der Waals surface area contributed by atoms with Gasteiger partial charge in [-0.05, 0) is 48.9 Å². The molecule has 2 rings (SSSR count). The molecule has 0 aliphatic rings. The Morgan fingerprint density at radius 1 is 0.700 bits per heavy atom. The van der Waals surface area contributed by atoms with Crippen LogP contribution in [0.2, 0.25) is 5.02 Å². The summed E-state index contributed by atoms with van der Waals surface area (Å²) in [6.07, 6.45) is 14.7. The van der Waals surface area contributed by atoms with E-state index >= 15 is 0 Å². The van der Waals surface area contributed by atoms with Crippen LogP contribution in [0.4, 0.5) is 0 Å². The van der Waals surface area contributed by atoms with Crippen molar-refractivity contribution in [2.24, 2.45) is 0 Å². The first kappa shape index (κ1) is 25.1. The number of hydrogen-bond donors (Lipinski definition) is 0. The second-order valence-corrected chi connectivity index (χ2v) is 8.79. The fourth-order valence-corrected chi connectivity index (χ4v) is 4.09. The second-order valence-electron chi connectivity index (χ2n) is 8.04. The number of benzene rings is 2. The van der Waals surface area contributed by atoms with Gasteiger partial charge in [-0.15, -0.1) is 11.6 Å². The zero-order valence-electron chi connectivity index (χ0n) is 18.6. The van der Waals surface area contributed by atoms with Crippen LogP contribution in [0.1, 0.15) is 84.0 Å². The predicted molar refractivity (Wildman–Crippen MR) is 132 cm³/mol. The van der Waals surface area contributed by atoms with Crippen LogP contribution in [0.3, 0.4) is 0 Å². The Bertz CT molecular complexity index is 717. The number of hydrogen-bond acceptors (Lipinski definition) is 2. The Morgan fingerprint density at radius 3 is 2.03 bits per heavy atom. The molecule has 0 saturated carbocycles. The van der Waals surface area contributed by atoms with Crippen molar-refractivity contribution < 1.29 is 9.47 Å².